The van der Waals surface area contributed by atoms with E-state index in [0.29, 0.717) is 48.6 Å². The van der Waals surface area contributed by atoms with Crippen LogP contribution in [0, 0.1) is 0 Å². The molecule has 0 bridgehead atoms. The van der Waals surface area contributed by atoms with Gasteiger partial charge in [0, 0.05) is 32.9 Å². The van der Waals surface area contributed by atoms with E-state index in [4.69, 9.17) is 23.2 Å². The van der Waals surface area contributed by atoms with Crippen LogP contribution >= 0.6 is 23.2 Å². The number of guanidine groups is 1. The number of carbonyl (C=O) groups excluding carboxylic acids is 2. The first-order valence-electron chi connectivity index (χ1n) is 8.81. The number of hydrogen-bond acceptors (Lipinski definition) is 3. The number of halogens is 2. The highest BCUT2D eigenvalue weighted by molar-refractivity contribution is 6.41. The molecule has 0 spiro atoms. The number of carbonyl (C=O) groups is 2. The molecular weight excluding hydrogens is 391 g/mol. The first-order valence-corrected chi connectivity index (χ1v) is 9.57. The van der Waals surface area contributed by atoms with Crippen LogP contribution in [0.1, 0.15) is 32.4 Å². The zero-order chi connectivity index (χ0) is 20.2. The lowest BCUT2D eigenvalue weighted by molar-refractivity contribution is -0.130. The fourth-order valence-corrected chi connectivity index (χ4v) is 3.20. The summed E-state index contributed by atoms with van der Waals surface area (Å²) in [5.74, 6) is 0.439. The van der Waals surface area contributed by atoms with Crippen molar-refractivity contribution in [2.45, 2.75) is 38.8 Å². The van der Waals surface area contributed by atoms with E-state index < -0.39 is 5.54 Å². The molecule has 2 heterocycles. The molecule has 10 heteroatoms. The highest BCUT2D eigenvalue weighted by Gasteiger charge is 2.45. The number of aromatic nitrogens is 1. The van der Waals surface area contributed by atoms with Crippen molar-refractivity contribution in [2.24, 2.45) is 12.0 Å². The van der Waals surface area contributed by atoms with Crippen molar-refractivity contribution in [1.82, 2.24) is 25.4 Å². The van der Waals surface area contributed by atoms with E-state index in [-0.39, 0.29) is 11.9 Å². The number of amides is 3. The standard InChI is InChI=1S/C17H26Cl2N6O2/c1-5-17(2)14(26)25(16(27)23-17)8-6-7-21-15(20-3)22-10-11-9-12(18)13(19)24(11)4/h9H,5-8,10H2,1-4H3,(H,23,27)(H2,20,21,22). The topological polar surface area (TPSA) is 90.8 Å². The molecule has 150 valence electrons. The predicted molar refractivity (Wildman–Crippen MR) is 107 cm³/mol. The van der Waals surface area contributed by atoms with Gasteiger partial charge >= 0.3 is 6.03 Å². The monoisotopic (exact) mass is 416 g/mol. The summed E-state index contributed by atoms with van der Waals surface area (Å²) in [6.07, 6.45) is 1.18. The second-order valence-electron chi connectivity index (χ2n) is 6.61. The first-order chi connectivity index (χ1) is 12.7. The molecule has 0 aliphatic carbocycles. The SMILES string of the molecule is CCC1(C)NC(=O)N(CCCNC(=NC)NCc2cc(Cl)c(Cl)n2C)C1=O. The molecule has 1 atom stereocenters. The molecule has 1 saturated heterocycles. The van der Waals surface area contributed by atoms with E-state index >= 15 is 0 Å². The van der Waals surface area contributed by atoms with Crippen LogP contribution in [0.2, 0.25) is 10.2 Å². The van der Waals surface area contributed by atoms with E-state index in [1.165, 1.54) is 4.90 Å². The lowest BCUT2D eigenvalue weighted by Crippen LogP contribution is -2.43. The van der Waals surface area contributed by atoms with Gasteiger partial charge in [-0.1, -0.05) is 30.1 Å². The fraction of sp³-hybridized carbons (Fsp3) is 0.588. The van der Waals surface area contributed by atoms with Crippen LogP contribution in [-0.4, -0.2) is 53.0 Å². The van der Waals surface area contributed by atoms with Gasteiger partial charge < -0.3 is 20.5 Å². The summed E-state index contributed by atoms with van der Waals surface area (Å²) in [6, 6.07) is 1.47. The van der Waals surface area contributed by atoms with E-state index in [1.54, 1.807) is 24.6 Å². The normalized spacial score (nSPS) is 20.2. The summed E-state index contributed by atoms with van der Waals surface area (Å²) < 4.78 is 1.80. The van der Waals surface area contributed by atoms with Gasteiger partial charge in [-0.25, -0.2) is 4.79 Å². The quantitative estimate of drug-likeness (QED) is 0.274. The second kappa shape index (κ2) is 8.84. The Morgan fingerprint density at radius 2 is 2.04 bits per heavy atom. The summed E-state index contributed by atoms with van der Waals surface area (Å²) in [5.41, 5.74) is 0.130. The number of aliphatic imine (C=N–C) groups is 1. The van der Waals surface area contributed by atoms with Crippen LogP contribution in [-0.2, 0) is 18.4 Å². The molecule has 0 aromatic carbocycles. The molecule has 2 rings (SSSR count). The predicted octanol–water partition coefficient (Wildman–Crippen LogP) is 2.11. The maximum atomic E-state index is 12.3. The van der Waals surface area contributed by atoms with E-state index in [2.05, 4.69) is 20.9 Å². The van der Waals surface area contributed by atoms with Crippen LogP contribution in [0.3, 0.4) is 0 Å². The highest BCUT2D eigenvalue weighted by atomic mass is 35.5. The van der Waals surface area contributed by atoms with Gasteiger partial charge in [0.15, 0.2) is 5.96 Å². The molecule has 3 amide bonds. The molecule has 1 aromatic heterocycles. The van der Waals surface area contributed by atoms with Crippen LogP contribution in [0.15, 0.2) is 11.1 Å². The third-order valence-corrected chi connectivity index (χ3v) is 5.62. The lowest BCUT2D eigenvalue weighted by atomic mass is 9.99. The Morgan fingerprint density at radius 1 is 1.33 bits per heavy atom. The minimum Gasteiger partial charge on any atom is -0.356 e. The fourth-order valence-electron chi connectivity index (χ4n) is 2.79. The van der Waals surface area contributed by atoms with E-state index in [1.807, 2.05) is 14.0 Å². The molecule has 0 radical (unpaired) electrons. The van der Waals surface area contributed by atoms with Gasteiger partial charge in [-0.2, -0.15) is 0 Å². The Kier molecular flexibility index (Phi) is 7.00. The molecule has 3 N–H and O–H groups in total. The number of hydrogen-bond donors (Lipinski definition) is 3. The maximum Gasteiger partial charge on any atom is 0.325 e. The van der Waals surface area contributed by atoms with Gasteiger partial charge in [-0.15, -0.1) is 0 Å². The average Bonchev–Trinajstić information content (AvgIpc) is 3.02. The van der Waals surface area contributed by atoms with Crippen LogP contribution < -0.4 is 16.0 Å². The zero-order valence-electron chi connectivity index (χ0n) is 16.0. The Morgan fingerprint density at radius 3 is 2.56 bits per heavy atom. The third-order valence-electron chi connectivity index (χ3n) is 4.78. The molecular formula is C17H26Cl2N6O2. The van der Waals surface area contributed by atoms with Gasteiger partial charge in [0.1, 0.15) is 10.7 Å². The summed E-state index contributed by atoms with van der Waals surface area (Å²) in [6.45, 7) is 5.05. The minimum atomic E-state index is -0.792. The van der Waals surface area contributed by atoms with Crippen molar-refractivity contribution >= 4 is 41.1 Å². The molecule has 1 aliphatic heterocycles. The summed E-state index contributed by atoms with van der Waals surface area (Å²) in [5, 5.41) is 10.1. The molecule has 1 unspecified atom stereocenters. The number of imide groups is 1. The summed E-state index contributed by atoms with van der Waals surface area (Å²) >= 11 is 12.1. The number of nitrogens with one attached hydrogen (secondary N) is 3. The largest absolute Gasteiger partial charge is 0.356 e. The van der Waals surface area contributed by atoms with Crippen molar-refractivity contribution in [1.29, 1.82) is 0 Å². The van der Waals surface area contributed by atoms with Crippen molar-refractivity contribution in [2.75, 3.05) is 20.1 Å². The van der Waals surface area contributed by atoms with Crippen LogP contribution in [0.5, 0.6) is 0 Å². The Bertz CT molecular complexity index is 748. The molecule has 0 saturated carbocycles. The highest BCUT2D eigenvalue weighted by Crippen LogP contribution is 2.25. The molecule has 1 aromatic rings. The minimum absolute atomic E-state index is 0.171. The van der Waals surface area contributed by atoms with Crippen molar-refractivity contribution < 1.29 is 9.59 Å². The number of urea groups is 1. The second-order valence-corrected chi connectivity index (χ2v) is 7.38. The van der Waals surface area contributed by atoms with Gasteiger partial charge in [0.05, 0.1) is 11.6 Å². The molecule has 8 nitrogen and oxygen atoms in total. The summed E-state index contributed by atoms with van der Waals surface area (Å²) in [4.78, 5) is 29.7. The third kappa shape index (κ3) is 4.68. The lowest BCUT2D eigenvalue weighted by Gasteiger charge is -2.19. The van der Waals surface area contributed by atoms with Crippen LogP contribution in [0.25, 0.3) is 0 Å². The number of rotatable bonds is 7. The maximum absolute atomic E-state index is 12.3. The Balaban J connectivity index is 1.78. The van der Waals surface area contributed by atoms with Crippen LogP contribution in [0.4, 0.5) is 4.79 Å². The van der Waals surface area contributed by atoms with Crippen molar-refractivity contribution in [3.05, 3.63) is 21.9 Å². The first kappa shape index (κ1) is 21.4. The Hall–Kier alpha value is -1.93. The van der Waals surface area contributed by atoms with E-state index in [0.717, 1.165) is 5.69 Å². The number of nitrogens with zero attached hydrogens (tertiary/aromatic N) is 3. The average molecular weight is 417 g/mol. The zero-order valence-corrected chi connectivity index (χ0v) is 17.5. The van der Waals surface area contributed by atoms with Gasteiger partial charge in [0.2, 0.25) is 0 Å². The molecule has 27 heavy (non-hydrogen) atoms. The molecule has 1 fully saturated rings. The van der Waals surface area contributed by atoms with Crippen molar-refractivity contribution in [3.8, 4) is 0 Å². The smallest absolute Gasteiger partial charge is 0.325 e. The van der Waals surface area contributed by atoms with Gasteiger partial charge in [0.25, 0.3) is 5.91 Å². The van der Waals surface area contributed by atoms with E-state index in [9.17, 15) is 9.59 Å². The van der Waals surface area contributed by atoms with Gasteiger partial charge in [-0.3, -0.25) is 14.7 Å². The van der Waals surface area contributed by atoms with Crippen molar-refractivity contribution in [3.63, 3.8) is 0 Å². The van der Waals surface area contributed by atoms with Gasteiger partial charge in [-0.05, 0) is 25.8 Å². The Labute approximate surface area is 169 Å². The molecule has 1 aliphatic rings. The summed E-state index contributed by atoms with van der Waals surface area (Å²) in [7, 11) is 3.51.